The van der Waals surface area contributed by atoms with Crippen LogP contribution in [0.25, 0.3) is 6.08 Å². The zero-order valence-electron chi connectivity index (χ0n) is 23.7. The summed E-state index contributed by atoms with van der Waals surface area (Å²) in [5.74, 6) is -0.307. The van der Waals surface area contributed by atoms with Gasteiger partial charge in [-0.1, -0.05) is 65.9 Å². The number of esters is 2. The fourth-order valence-corrected chi connectivity index (χ4v) is 5.69. The third-order valence-electron chi connectivity index (χ3n) is 6.66. The van der Waals surface area contributed by atoms with Crippen molar-refractivity contribution in [1.82, 2.24) is 4.57 Å². The van der Waals surface area contributed by atoms with E-state index in [0.717, 1.165) is 16.9 Å². The van der Waals surface area contributed by atoms with Crippen LogP contribution in [-0.4, -0.2) is 29.7 Å². The Labute approximate surface area is 246 Å². The van der Waals surface area contributed by atoms with Crippen LogP contribution in [0.3, 0.4) is 0 Å². The highest BCUT2D eigenvalue weighted by atomic mass is 32.1. The van der Waals surface area contributed by atoms with Gasteiger partial charge in [0.1, 0.15) is 12.4 Å². The van der Waals surface area contributed by atoms with Gasteiger partial charge in [0, 0.05) is 0 Å². The molecule has 5 rings (SSSR count). The van der Waals surface area contributed by atoms with Crippen molar-refractivity contribution in [3.8, 4) is 5.75 Å². The summed E-state index contributed by atoms with van der Waals surface area (Å²) in [5.41, 5.74) is 3.35. The van der Waals surface area contributed by atoms with Crippen LogP contribution >= 0.6 is 11.3 Å². The van der Waals surface area contributed by atoms with Gasteiger partial charge in [-0.2, -0.15) is 0 Å². The topological polar surface area (TPSA) is 96.2 Å². The van der Waals surface area contributed by atoms with Crippen molar-refractivity contribution >= 4 is 29.4 Å². The zero-order chi connectivity index (χ0) is 29.8. The van der Waals surface area contributed by atoms with Crippen LogP contribution in [0.4, 0.5) is 0 Å². The predicted octanol–water partition coefficient (Wildman–Crippen LogP) is 4.55. The minimum atomic E-state index is -0.782. The molecule has 0 aliphatic carbocycles. The van der Waals surface area contributed by atoms with E-state index in [2.05, 4.69) is 4.99 Å². The minimum Gasteiger partial charge on any atom is -0.489 e. The summed E-state index contributed by atoms with van der Waals surface area (Å²) in [7, 11) is 1.31. The van der Waals surface area contributed by atoms with Crippen molar-refractivity contribution in [3.05, 3.63) is 132 Å². The molecule has 0 fully saturated rings. The van der Waals surface area contributed by atoms with E-state index in [4.69, 9.17) is 14.2 Å². The Morgan fingerprint density at radius 1 is 0.976 bits per heavy atom. The third kappa shape index (κ3) is 6.11. The lowest BCUT2D eigenvalue weighted by atomic mass is 9.95. The highest BCUT2D eigenvalue weighted by Crippen LogP contribution is 2.31. The van der Waals surface area contributed by atoms with E-state index in [1.165, 1.54) is 23.0 Å². The van der Waals surface area contributed by atoms with Crippen LogP contribution in [0.15, 0.2) is 99.9 Å². The van der Waals surface area contributed by atoms with E-state index >= 15 is 0 Å². The number of aromatic nitrogens is 1. The molecule has 3 aromatic carbocycles. The third-order valence-corrected chi connectivity index (χ3v) is 7.64. The van der Waals surface area contributed by atoms with Gasteiger partial charge >= 0.3 is 11.9 Å². The Morgan fingerprint density at radius 2 is 1.67 bits per heavy atom. The Hall–Kier alpha value is -4.76. The van der Waals surface area contributed by atoms with Crippen LogP contribution in [0.5, 0.6) is 5.75 Å². The lowest BCUT2D eigenvalue weighted by Gasteiger charge is -2.25. The highest BCUT2D eigenvalue weighted by Gasteiger charge is 2.34. The van der Waals surface area contributed by atoms with Gasteiger partial charge in [-0.05, 0) is 67.8 Å². The molecule has 4 aromatic rings. The molecule has 9 heteroatoms. The van der Waals surface area contributed by atoms with E-state index in [9.17, 15) is 14.4 Å². The van der Waals surface area contributed by atoms with Crippen LogP contribution in [0, 0.1) is 0 Å². The first-order valence-corrected chi connectivity index (χ1v) is 14.3. The first-order valence-electron chi connectivity index (χ1n) is 13.4. The molecule has 0 radical (unpaired) electrons. The van der Waals surface area contributed by atoms with E-state index < -0.39 is 18.0 Å². The Morgan fingerprint density at radius 3 is 2.31 bits per heavy atom. The maximum atomic E-state index is 13.9. The Kier molecular flexibility index (Phi) is 8.49. The average Bonchev–Trinajstić information content (AvgIpc) is 3.29. The van der Waals surface area contributed by atoms with Crippen molar-refractivity contribution in [2.24, 2.45) is 4.99 Å². The van der Waals surface area contributed by atoms with Gasteiger partial charge in [0.25, 0.3) is 5.56 Å². The standard InChI is InChI=1S/C33H30N2O6S/c1-20(2)41-32(38)28-21(3)34-33-35(29(28)24-12-14-25(15-13-24)31(37)39-4)30(36)27(42-33)18-22-10-16-26(17-11-22)40-19-23-8-6-5-7-9-23/h5-18,20,29H,19H2,1-4H3. The first-order chi connectivity index (χ1) is 20.2. The fourth-order valence-electron chi connectivity index (χ4n) is 4.65. The molecule has 0 amide bonds. The molecule has 42 heavy (non-hydrogen) atoms. The molecule has 0 bridgehead atoms. The maximum Gasteiger partial charge on any atom is 0.338 e. The summed E-state index contributed by atoms with van der Waals surface area (Å²) in [6.45, 7) is 5.72. The number of hydrogen-bond donors (Lipinski definition) is 0. The van der Waals surface area contributed by atoms with E-state index in [0.29, 0.717) is 32.8 Å². The normalized spacial score (nSPS) is 14.8. The smallest absolute Gasteiger partial charge is 0.338 e. The zero-order valence-corrected chi connectivity index (χ0v) is 24.5. The number of carbonyl (C=O) groups is 2. The number of carbonyl (C=O) groups excluding carboxylic acids is 2. The van der Waals surface area contributed by atoms with E-state index in [-0.39, 0.29) is 17.2 Å². The fraction of sp³-hybridized carbons (Fsp3) is 0.212. The number of methoxy groups -OCH3 is 1. The number of ether oxygens (including phenoxy) is 3. The van der Waals surface area contributed by atoms with Gasteiger partial charge in [0.15, 0.2) is 4.80 Å². The van der Waals surface area contributed by atoms with Crippen LogP contribution in [0.2, 0.25) is 0 Å². The minimum absolute atomic E-state index is 0.272. The van der Waals surface area contributed by atoms with Gasteiger partial charge in [-0.25, -0.2) is 14.6 Å². The average molecular weight is 583 g/mol. The van der Waals surface area contributed by atoms with E-state index in [1.54, 1.807) is 51.1 Å². The van der Waals surface area contributed by atoms with Crippen molar-refractivity contribution in [2.45, 2.75) is 39.5 Å². The van der Waals surface area contributed by atoms with Crippen molar-refractivity contribution in [1.29, 1.82) is 0 Å². The molecule has 1 aliphatic heterocycles. The summed E-state index contributed by atoms with van der Waals surface area (Å²) in [6, 6.07) is 23.3. The molecule has 1 atom stereocenters. The van der Waals surface area contributed by atoms with Crippen LogP contribution in [0.1, 0.15) is 53.9 Å². The summed E-state index contributed by atoms with van der Waals surface area (Å²) in [5, 5.41) is 0. The van der Waals surface area contributed by atoms with Crippen molar-refractivity contribution in [2.75, 3.05) is 7.11 Å². The second-order valence-electron chi connectivity index (χ2n) is 9.99. The summed E-state index contributed by atoms with van der Waals surface area (Å²) in [6.07, 6.45) is 1.44. The van der Waals surface area contributed by atoms with Gasteiger partial charge in [0.05, 0.1) is 40.6 Å². The molecular formula is C33H30N2O6S. The Balaban J connectivity index is 1.52. The second kappa shape index (κ2) is 12.4. The number of thiazole rings is 1. The first kappa shape index (κ1) is 28.8. The lowest BCUT2D eigenvalue weighted by molar-refractivity contribution is -0.143. The maximum absolute atomic E-state index is 13.9. The molecule has 1 aromatic heterocycles. The van der Waals surface area contributed by atoms with Gasteiger partial charge < -0.3 is 14.2 Å². The molecule has 1 aliphatic rings. The van der Waals surface area contributed by atoms with Gasteiger partial charge in [-0.15, -0.1) is 0 Å². The molecule has 0 saturated carbocycles. The van der Waals surface area contributed by atoms with Crippen LogP contribution in [-0.2, 0) is 20.9 Å². The number of rotatable bonds is 8. The molecular weight excluding hydrogens is 552 g/mol. The molecule has 8 nitrogen and oxygen atoms in total. The number of benzene rings is 3. The quantitative estimate of drug-likeness (QED) is 0.283. The molecule has 0 spiro atoms. The van der Waals surface area contributed by atoms with Crippen molar-refractivity contribution < 1.29 is 23.8 Å². The SMILES string of the molecule is COC(=O)c1ccc(C2C(C(=O)OC(C)C)=C(C)N=c3sc(=Cc4ccc(OCc5ccccc5)cc4)c(=O)n32)cc1. The van der Waals surface area contributed by atoms with Crippen molar-refractivity contribution in [3.63, 3.8) is 0 Å². The molecule has 214 valence electrons. The highest BCUT2D eigenvalue weighted by molar-refractivity contribution is 7.07. The predicted molar refractivity (Wildman–Crippen MR) is 160 cm³/mol. The summed E-state index contributed by atoms with van der Waals surface area (Å²) < 4.78 is 18.2. The number of nitrogens with zero attached hydrogens (tertiary/aromatic N) is 2. The number of allylic oxidation sites excluding steroid dienone is 1. The number of hydrogen-bond acceptors (Lipinski definition) is 8. The summed E-state index contributed by atoms with van der Waals surface area (Å²) in [4.78, 5) is 44.2. The lowest BCUT2D eigenvalue weighted by Crippen LogP contribution is -2.40. The molecule has 1 unspecified atom stereocenters. The van der Waals surface area contributed by atoms with E-state index in [1.807, 2.05) is 54.6 Å². The molecule has 0 saturated heterocycles. The molecule has 0 N–H and O–H groups in total. The number of fused-ring (bicyclic) bond motifs is 1. The van der Waals surface area contributed by atoms with Gasteiger partial charge in [0.2, 0.25) is 0 Å². The summed E-state index contributed by atoms with van der Waals surface area (Å²) >= 11 is 1.25. The Bertz CT molecular complexity index is 1820. The van der Waals surface area contributed by atoms with Crippen LogP contribution < -0.4 is 19.6 Å². The monoisotopic (exact) mass is 582 g/mol. The molecule has 2 heterocycles. The largest absolute Gasteiger partial charge is 0.489 e. The van der Waals surface area contributed by atoms with Gasteiger partial charge in [-0.3, -0.25) is 9.36 Å². The second-order valence-corrected chi connectivity index (χ2v) is 11.0.